The summed E-state index contributed by atoms with van der Waals surface area (Å²) in [6, 6.07) is 10.9. The third kappa shape index (κ3) is 6.67. The fourth-order valence-electron chi connectivity index (χ4n) is 9.99. The van der Waals surface area contributed by atoms with Crippen LogP contribution in [0.5, 0.6) is 5.75 Å². The van der Waals surface area contributed by atoms with Crippen LogP contribution in [0, 0.1) is 23.7 Å². The number of anilines is 1. The molecule has 1 aliphatic heterocycles. The highest BCUT2D eigenvalue weighted by Gasteiger charge is 2.62. The number of hydrogen-bond acceptors (Lipinski definition) is 8. The molecule has 4 aromatic heterocycles. The van der Waals surface area contributed by atoms with Crippen molar-refractivity contribution in [3.63, 3.8) is 0 Å². The Morgan fingerprint density at radius 3 is 2.14 bits per heavy atom. The van der Waals surface area contributed by atoms with Crippen LogP contribution in [0.4, 0.5) is 32.3 Å². The molecule has 5 aromatic rings. The molecule has 2 N–H and O–H groups in total. The van der Waals surface area contributed by atoms with E-state index in [4.69, 9.17) is 4.74 Å². The number of ether oxygens (including phenoxy) is 1. The molecule has 1 saturated heterocycles. The zero-order chi connectivity index (χ0) is 40.6. The van der Waals surface area contributed by atoms with Gasteiger partial charge >= 0.3 is 18.3 Å². The molecule has 4 saturated carbocycles. The van der Waals surface area contributed by atoms with Crippen LogP contribution in [0.25, 0.3) is 28.0 Å². The minimum Gasteiger partial charge on any atom is -0.490 e. The monoisotopic (exact) mass is 805 g/mol. The third-order valence-electron chi connectivity index (χ3n) is 12.5. The van der Waals surface area contributed by atoms with Crippen LogP contribution in [0.2, 0.25) is 0 Å². The van der Waals surface area contributed by atoms with E-state index in [1.54, 1.807) is 36.7 Å². The number of carboxylic acids is 1. The van der Waals surface area contributed by atoms with Gasteiger partial charge in [0.1, 0.15) is 23.2 Å². The van der Waals surface area contributed by atoms with E-state index in [-0.39, 0.29) is 35.0 Å². The first-order valence-corrected chi connectivity index (χ1v) is 19.2. The van der Waals surface area contributed by atoms with Gasteiger partial charge in [-0.05, 0) is 98.2 Å². The topological polar surface area (TPSA) is 135 Å². The van der Waals surface area contributed by atoms with E-state index in [1.165, 1.54) is 16.8 Å². The van der Waals surface area contributed by atoms with Crippen molar-refractivity contribution in [3.05, 3.63) is 90.1 Å². The molecule has 1 amide bonds. The Bertz CT molecular complexity index is 2350. The van der Waals surface area contributed by atoms with Gasteiger partial charge in [0.15, 0.2) is 5.69 Å². The standard InChI is InChI=1S/C41H37F6N7O4/c42-40(43,44)24-2-7-34(50-20-24)54-21-31(29-4-3-28(19-33(29)54)58-27-8-12-53(13-9-27)38-48-10-1-11-49-38)32-6-5-30(35(51-32)41(45,46)47)36(55)52-39(37(56)57)25-15-22-14-23(17-25)18-26(39)16-22/h1-7,10-11,19-23,25-27H,8-9,12-18H2,(H,52,55)(H,56,57). The summed E-state index contributed by atoms with van der Waals surface area (Å²) in [6.07, 6.45) is 0.142. The van der Waals surface area contributed by atoms with Gasteiger partial charge in [-0.15, -0.1) is 0 Å². The number of benzene rings is 1. The number of carbonyl (C=O) groups is 2. The van der Waals surface area contributed by atoms with Crippen molar-refractivity contribution in [2.75, 3.05) is 18.0 Å². The molecule has 0 spiro atoms. The summed E-state index contributed by atoms with van der Waals surface area (Å²) >= 11 is 0. The van der Waals surface area contributed by atoms with Crippen LogP contribution < -0.4 is 15.0 Å². The number of rotatable bonds is 8. The smallest absolute Gasteiger partial charge is 0.434 e. The highest BCUT2D eigenvalue weighted by Crippen LogP contribution is 2.58. The van der Waals surface area contributed by atoms with Crippen LogP contribution in [0.15, 0.2) is 73.3 Å². The van der Waals surface area contributed by atoms with Gasteiger partial charge in [-0.25, -0.2) is 24.7 Å². The second-order valence-electron chi connectivity index (χ2n) is 15.9. The Morgan fingerprint density at radius 1 is 0.845 bits per heavy atom. The lowest BCUT2D eigenvalue weighted by Crippen LogP contribution is -2.70. The van der Waals surface area contributed by atoms with E-state index in [0.29, 0.717) is 92.2 Å². The fraction of sp³-hybridized carbons (Fsp3) is 0.415. The number of carbonyl (C=O) groups excluding carboxylic acids is 1. The lowest BCUT2D eigenvalue weighted by molar-refractivity contribution is -0.163. The van der Waals surface area contributed by atoms with Crippen LogP contribution in [-0.2, 0) is 17.1 Å². The van der Waals surface area contributed by atoms with Gasteiger partial charge in [0.2, 0.25) is 5.95 Å². The van der Waals surface area contributed by atoms with Gasteiger partial charge < -0.3 is 24.6 Å². The maximum atomic E-state index is 14.8. The summed E-state index contributed by atoms with van der Waals surface area (Å²) in [5.74, 6) is -1.41. The number of nitrogens with one attached hydrogen (secondary N) is 1. The molecule has 1 aromatic carbocycles. The molecule has 0 radical (unpaired) electrons. The molecule has 5 aliphatic rings. The minimum atomic E-state index is -5.11. The van der Waals surface area contributed by atoms with Gasteiger partial charge in [-0.3, -0.25) is 4.79 Å². The van der Waals surface area contributed by atoms with Crippen LogP contribution in [0.1, 0.15) is 66.6 Å². The van der Waals surface area contributed by atoms with Crippen molar-refractivity contribution in [3.8, 4) is 22.8 Å². The molecule has 58 heavy (non-hydrogen) atoms. The second kappa shape index (κ2) is 14.0. The van der Waals surface area contributed by atoms with Crippen LogP contribution in [-0.4, -0.2) is 66.2 Å². The number of hydrogen-bond donors (Lipinski definition) is 2. The van der Waals surface area contributed by atoms with Gasteiger partial charge in [-0.1, -0.05) is 0 Å². The molecule has 11 nitrogen and oxygen atoms in total. The number of alkyl halides is 6. The first-order valence-electron chi connectivity index (χ1n) is 19.2. The zero-order valence-corrected chi connectivity index (χ0v) is 30.8. The van der Waals surface area contributed by atoms with Gasteiger partial charge in [0.25, 0.3) is 5.91 Å². The number of fused-ring (bicyclic) bond motifs is 1. The van der Waals surface area contributed by atoms with E-state index in [0.717, 1.165) is 24.6 Å². The molecule has 10 rings (SSSR count). The van der Waals surface area contributed by atoms with E-state index in [9.17, 15) is 41.0 Å². The number of aromatic nitrogens is 5. The Morgan fingerprint density at radius 2 is 1.53 bits per heavy atom. The highest BCUT2D eigenvalue weighted by molar-refractivity contribution is 6.01. The molecule has 4 bridgehead atoms. The SMILES string of the molecule is O=C(NC1(C(=O)O)C2CC3CC(C2)CC1C3)c1ccc(-c2cn(-c3ccc(C(F)(F)F)cn3)c3cc(OC4CCN(c5ncccn5)CC4)ccc23)nc1C(F)(F)F. The molecular weight excluding hydrogens is 768 g/mol. The molecule has 0 unspecified atom stereocenters. The maximum absolute atomic E-state index is 14.8. The number of nitrogens with zero attached hydrogens (tertiary/aromatic N) is 6. The normalized spacial score (nSPS) is 24.6. The summed E-state index contributed by atoms with van der Waals surface area (Å²) in [5.41, 5.74) is -4.58. The number of amides is 1. The first-order chi connectivity index (χ1) is 27.7. The average molecular weight is 806 g/mol. The lowest BCUT2D eigenvalue weighted by atomic mass is 9.48. The van der Waals surface area contributed by atoms with Gasteiger partial charge in [-0.2, -0.15) is 26.3 Å². The van der Waals surface area contributed by atoms with Crippen molar-refractivity contribution in [1.29, 1.82) is 0 Å². The second-order valence-corrected chi connectivity index (χ2v) is 15.9. The molecular formula is C41H37F6N7O4. The maximum Gasteiger partial charge on any atom is 0.434 e. The van der Waals surface area contributed by atoms with Crippen molar-refractivity contribution in [2.24, 2.45) is 23.7 Å². The summed E-state index contributed by atoms with van der Waals surface area (Å²) < 4.78 is 92.7. The van der Waals surface area contributed by atoms with Gasteiger partial charge in [0, 0.05) is 67.7 Å². The summed E-state index contributed by atoms with van der Waals surface area (Å²) in [4.78, 5) is 45.4. The first kappa shape index (κ1) is 37.8. The number of piperidine rings is 1. The summed E-state index contributed by atoms with van der Waals surface area (Å²) in [6.45, 7) is 1.26. The number of aliphatic carboxylic acids is 1. The van der Waals surface area contributed by atoms with Crippen molar-refractivity contribution >= 4 is 28.7 Å². The van der Waals surface area contributed by atoms with Crippen molar-refractivity contribution in [2.45, 2.75) is 68.9 Å². The lowest BCUT2D eigenvalue weighted by Gasteiger charge is -2.59. The predicted octanol–water partition coefficient (Wildman–Crippen LogP) is 7.97. The van der Waals surface area contributed by atoms with Crippen LogP contribution >= 0.6 is 0 Å². The molecule has 5 fully saturated rings. The number of pyridine rings is 2. The Kier molecular flexibility index (Phi) is 9.11. The molecule has 5 heterocycles. The molecule has 302 valence electrons. The third-order valence-corrected chi connectivity index (χ3v) is 12.5. The Labute approximate surface area is 327 Å². The number of carboxylic acid groups (broad SMARTS) is 1. The molecule has 0 atom stereocenters. The van der Waals surface area contributed by atoms with Crippen molar-refractivity contribution in [1.82, 2.24) is 29.8 Å². The van der Waals surface area contributed by atoms with Crippen LogP contribution in [0.3, 0.4) is 0 Å². The average Bonchev–Trinajstić information content (AvgIpc) is 3.57. The van der Waals surface area contributed by atoms with E-state index in [2.05, 4.69) is 25.3 Å². The highest BCUT2D eigenvalue weighted by atomic mass is 19.4. The molecule has 4 aliphatic carbocycles. The predicted molar refractivity (Wildman–Crippen MR) is 197 cm³/mol. The van der Waals surface area contributed by atoms with E-state index < -0.39 is 46.6 Å². The largest absolute Gasteiger partial charge is 0.490 e. The Balaban J connectivity index is 1.06. The van der Waals surface area contributed by atoms with E-state index >= 15 is 0 Å². The Hall–Kier alpha value is -5.74. The number of halogens is 6. The van der Waals surface area contributed by atoms with E-state index in [1.807, 2.05) is 4.90 Å². The quantitative estimate of drug-likeness (QED) is 0.150. The van der Waals surface area contributed by atoms with Gasteiger partial charge in [0.05, 0.1) is 22.3 Å². The molecule has 17 heteroatoms. The zero-order valence-electron chi connectivity index (χ0n) is 30.8. The summed E-state index contributed by atoms with van der Waals surface area (Å²) in [5, 5.41) is 13.5. The van der Waals surface area contributed by atoms with Crippen molar-refractivity contribution < 1.29 is 45.8 Å². The summed E-state index contributed by atoms with van der Waals surface area (Å²) in [7, 11) is 0. The fourth-order valence-corrected chi connectivity index (χ4v) is 9.99. The minimum absolute atomic E-state index is 0.0549.